The summed E-state index contributed by atoms with van der Waals surface area (Å²) in [6.45, 7) is 2.33. The van der Waals surface area contributed by atoms with Crippen molar-refractivity contribution in [3.05, 3.63) is 35.3 Å². The maximum atomic E-state index is 5.55. The van der Waals surface area contributed by atoms with E-state index in [2.05, 4.69) is 9.97 Å². The highest BCUT2D eigenvalue weighted by Crippen LogP contribution is 2.29. The molecule has 0 spiro atoms. The van der Waals surface area contributed by atoms with Crippen LogP contribution in [0.1, 0.15) is 10.9 Å². The molecule has 0 fully saturated rings. The fourth-order valence-corrected chi connectivity index (χ4v) is 2.52. The molecule has 0 unspecified atom stereocenters. The minimum atomic E-state index is 0.480. The average molecular weight is 245 g/mol. The fourth-order valence-electron chi connectivity index (χ4n) is 1.73. The second-order valence-corrected chi connectivity index (χ2v) is 4.85. The lowest BCUT2D eigenvalue weighted by Crippen LogP contribution is -1.93. The lowest BCUT2D eigenvalue weighted by molar-refractivity contribution is 0.561. The highest BCUT2D eigenvalue weighted by Gasteiger charge is 2.07. The number of rotatable bonds is 2. The average Bonchev–Trinajstić information content (AvgIpc) is 2.92. The van der Waals surface area contributed by atoms with Gasteiger partial charge in [0, 0.05) is 19.7 Å². The van der Waals surface area contributed by atoms with Crippen LogP contribution in [0, 0.1) is 6.92 Å². The van der Waals surface area contributed by atoms with Crippen molar-refractivity contribution in [2.45, 2.75) is 13.5 Å². The van der Waals surface area contributed by atoms with E-state index in [9.17, 15) is 0 Å². The normalized spacial score (nSPS) is 11.2. The third kappa shape index (κ3) is 1.83. The van der Waals surface area contributed by atoms with Gasteiger partial charge in [-0.2, -0.15) is 0 Å². The molecular weight excluding hydrogens is 234 g/mol. The number of aryl methyl sites for hydroxylation is 1. The molecule has 0 aliphatic heterocycles. The third-order valence-electron chi connectivity index (χ3n) is 2.51. The van der Waals surface area contributed by atoms with Crippen molar-refractivity contribution < 1.29 is 4.42 Å². The van der Waals surface area contributed by atoms with Crippen LogP contribution in [0.3, 0.4) is 0 Å². The molecule has 3 rings (SSSR count). The van der Waals surface area contributed by atoms with Crippen LogP contribution in [0.15, 0.2) is 28.8 Å². The summed E-state index contributed by atoms with van der Waals surface area (Å²) in [5.41, 5.74) is 8.34. The number of oxazole rings is 1. The number of fused-ring (bicyclic) bond motifs is 1. The number of benzene rings is 1. The molecule has 0 saturated carbocycles. The molecule has 0 bridgehead atoms. The van der Waals surface area contributed by atoms with E-state index in [0.29, 0.717) is 12.4 Å². The first-order valence-electron chi connectivity index (χ1n) is 5.28. The number of hydrogen-bond acceptors (Lipinski definition) is 5. The summed E-state index contributed by atoms with van der Waals surface area (Å²) in [5.74, 6) is 0.684. The molecule has 1 aromatic carbocycles. The molecule has 17 heavy (non-hydrogen) atoms. The van der Waals surface area contributed by atoms with Gasteiger partial charge in [0.2, 0.25) is 0 Å². The number of nitrogens with two attached hydrogens (primary N) is 1. The molecule has 0 amide bonds. The number of thiazole rings is 1. The summed E-state index contributed by atoms with van der Waals surface area (Å²) in [6, 6.07) is 5.98. The van der Waals surface area contributed by atoms with Gasteiger partial charge in [-0.25, -0.2) is 9.97 Å². The Hall–Kier alpha value is -1.72. The molecule has 5 heteroatoms. The lowest BCUT2D eigenvalue weighted by atomic mass is 10.2. The zero-order valence-electron chi connectivity index (χ0n) is 9.30. The van der Waals surface area contributed by atoms with E-state index in [0.717, 1.165) is 26.5 Å². The zero-order chi connectivity index (χ0) is 11.8. The van der Waals surface area contributed by atoms with Crippen molar-refractivity contribution in [2.24, 2.45) is 5.73 Å². The van der Waals surface area contributed by atoms with Crippen LogP contribution in [0.2, 0.25) is 0 Å². The van der Waals surface area contributed by atoms with Gasteiger partial charge in [-0.05, 0) is 17.7 Å². The highest BCUT2D eigenvalue weighted by atomic mass is 32.1. The highest BCUT2D eigenvalue weighted by molar-refractivity contribution is 7.15. The predicted octanol–water partition coefficient (Wildman–Crippen LogP) is 2.72. The molecular formula is C12H11N3OS. The molecule has 3 aromatic rings. The quantitative estimate of drug-likeness (QED) is 0.754. The summed E-state index contributed by atoms with van der Waals surface area (Å²) in [7, 11) is 0. The molecule has 0 aliphatic carbocycles. The van der Waals surface area contributed by atoms with Crippen molar-refractivity contribution in [1.82, 2.24) is 9.97 Å². The number of aromatic nitrogens is 2. The largest absolute Gasteiger partial charge is 0.441 e. The molecule has 2 aromatic heterocycles. The minimum Gasteiger partial charge on any atom is -0.441 e. The van der Waals surface area contributed by atoms with Crippen LogP contribution in [-0.2, 0) is 6.54 Å². The number of hydrogen-bond donors (Lipinski definition) is 1. The summed E-state index contributed by atoms with van der Waals surface area (Å²) in [4.78, 5) is 9.61. The van der Waals surface area contributed by atoms with Crippen LogP contribution in [-0.4, -0.2) is 9.97 Å². The van der Waals surface area contributed by atoms with E-state index in [-0.39, 0.29) is 0 Å². The predicted molar refractivity (Wildman–Crippen MR) is 67.7 cm³/mol. The SMILES string of the molecule is Cc1nc2ccc(-c3cnc(CN)s3)cc2o1. The Morgan fingerprint density at radius 1 is 1.41 bits per heavy atom. The van der Waals surface area contributed by atoms with Crippen molar-refractivity contribution in [2.75, 3.05) is 0 Å². The monoisotopic (exact) mass is 245 g/mol. The molecule has 86 valence electrons. The van der Waals surface area contributed by atoms with Gasteiger partial charge >= 0.3 is 0 Å². The van der Waals surface area contributed by atoms with E-state index >= 15 is 0 Å². The van der Waals surface area contributed by atoms with E-state index in [1.54, 1.807) is 11.3 Å². The molecule has 0 saturated heterocycles. The van der Waals surface area contributed by atoms with Gasteiger partial charge < -0.3 is 10.2 Å². The molecule has 0 aliphatic rings. The molecule has 0 radical (unpaired) electrons. The molecule has 2 heterocycles. The maximum absolute atomic E-state index is 5.55. The number of nitrogens with zero attached hydrogens (tertiary/aromatic N) is 2. The first-order chi connectivity index (χ1) is 8.26. The Kier molecular flexibility index (Phi) is 2.42. The topological polar surface area (TPSA) is 64.9 Å². The first-order valence-corrected chi connectivity index (χ1v) is 6.10. The fraction of sp³-hybridized carbons (Fsp3) is 0.167. The molecule has 0 atom stereocenters. The molecule has 4 nitrogen and oxygen atoms in total. The van der Waals surface area contributed by atoms with Gasteiger partial charge in [-0.15, -0.1) is 11.3 Å². The summed E-state index contributed by atoms with van der Waals surface area (Å²) in [6.07, 6.45) is 1.84. The second kappa shape index (κ2) is 3.94. The van der Waals surface area contributed by atoms with Gasteiger partial charge in [0.15, 0.2) is 11.5 Å². The Morgan fingerprint density at radius 2 is 2.29 bits per heavy atom. The minimum absolute atomic E-state index is 0.480. The third-order valence-corrected chi connectivity index (χ3v) is 3.58. The van der Waals surface area contributed by atoms with Gasteiger partial charge in [0.1, 0.15) is 10.5 Å². The van der Waals surface area contributed by atoms with Crippen LogP contribution in [0.4, 0.5) is 0 Å². The summed E-state index contributed by atoms with van der Waals surface area (Å²) < 4.78 is 5.51. The van der Waals surface area contributed by atoms with Gasteiger partial charge in [0.05, 0.1) is 4.88 Å². The van der Waals surface area contributed by atoms with Crippen LogP contribution < -0.4 is 5.73 Å². The Morgan fingerprint density at radius 3 is 3.06 bits per heavy atom. The maximum Gasteiger partial charge on any atom is 0.192 e. The summed E-state index contributed by atoms with van der Waals surface area (Å²) >= 11 is 1.60. The van der Waals surface area contributed by atoms with Gasteiger partial charge in [0.25, 0.3) is 0 Å². The second-order valence-electron chi connectivity index (χ2n) is 3.74. The van der Waals surface area contributed by atoms with Crippen LogP contribution in [0.25, 0.3) is 21.5 Å². The standard InChI is InChI=1S/C12H11N3OS/c1-7-15-9-3-2-8(4-10(9)16-7)11-6-14-12(5-13)17-11/h2-4,6H,5,13H2,1H3. The van der Waals surface area contributed by atoms with E-state index in [4.69, 9.17) is 10.2 Å². The van der Waals surface area contributed by atoms with Crippen molar-refractivity contribution in [3.8, 4) is 10.4 Å². The Bertz CT molecular complexity index is 671. The lowest BCUT2D eigenvalue weighted by Gasteiger charge is -1.95. The first kappa shape index (κ1) is 10.4. The van der Waals surface area contributed by atoms with Crippen molar-refractivity contribution >= 4 is 22.4 Å². The van der Waals surface area contributed by atoms with E-state index < -0.39 is 0 Å². The molecule has 2 N–H and O–H groups in total. The van der Waals surface area contributed by atoms with Crippen molar-refractivity contribution in [3.63, 3.8) is 0 Å². The van der Waals surface area contributed by atoms with Crippen molar-refractivity contribution in [1.29, 1.82) is 0 Å². The van der Waals surface area contributed by atoms with E-state index in [1.165, 1.54) is 0 Å². The van der Waals surface area contributed by atoms with Gasteiger partial charge in [-0.3, -0.25) is 0 Å². The van der Waals surface area contributed by atoms with Crippen LogP contribution in [0.5, 0.6) is 0 Å². The zero-order valence-corrected chi connectivity index (χ0v) is 10.1. The Balaban J connectivity index is 2.10. The van der Waals surface area contributed by atoms with Gasteiger partial charge in [-0.1, -0.05) is 6.07 Å². The van der Waals surface area contributed by atoms with E-state index in [1.807, 2.05) is 31.3 Å². The Labute approximate surface area is 102 Å². The van der Waals surface area contributed by atoms with Crippen LogP contribution >= 0.6 is 11.3 Å². The summed E-state index contributed by atoms with van der Waals surface area (Å²) in [5, 5.41) is 0.939. The smallest absolute Gasteiger partial charge is 0.192 e.